The number of hydrogen-bond donors (Lipinski definition) is 6. The molecule has 0 aromatic carbocycles. The fourth-order valence-corrected chi connectivity index (χ4v) is 4.36. The van der Waals surface area contributed by atoms with Crippen LogP contribution in [0.4, 0.5) is 0 Å². The predicted molar refractivity (Wildman–Crippen MR) is 115 cm³/mol. The number of carboxylic acid groups (broad SMARTS) is 3. The molecule has 0 bridgehead atoms. The average molecular weight is 455 g/mol. The third-order valence-electron chi connectivity index (χ3n) is 5.59. The largest absolute Gasteiger partial charge is 0.481 e. The lowest BCUT2D eigenvalue weighted by Gasteiger charge is -2.36. The summed E-state index contributed by atoms with van der Waals surface area (Å²) in [6.07, 6.45) is 2.26. The smallest absolute Gasteiger partial charge is 0.324 e. The van der Waals surface area contributed by atoms with E-state index >= 15 is 0 Å². The summed E-state index contributed by atoms with van der Waals surface area (Å²) in [4.78, 5) is 34.8. The van der Waals surface area contributed by atoms with Crippen LogP contribution in [0, 0.1) is 11.8 Å². The second-order valence-electron chi connectivity index (χ2n) is 7.40. The zero-order chi connectivity index (χ0) is 22.8. The van der Waals surface area contributed by atoms with Crippen molar-refractivity contribution in [3.8, 4) is 0 Å². The highest BCUT2D eigenvalue weighted by atomic mass is 32.2. The van der Waals surface area contributed by atoms with Crippen LogP contribution in [-0.2, 0) is 14.4 Å². The molecule has 0 amide bonds. The Labute approximate surface area is 180 Å². The lowest BCUT2D eigenvalue weighted by atomic mass is 9.74. The summed E-state index contributed by atoms with van der Waals surface area (Å²) < 4.78 is 0. The Hall–Kier alpha value is -1.01. The number of rotatable bonds is 16. The number of aliphatic hydroxyl groups excluding tert-OH is 1. The van der Waals surface area contributed by atoms with Crippen LogP contribution < -0.4 is 11.5 Å². The summed E-state index contributed by atoms with van der Waals surface area (Å²) in [5.41, 5.74) is 8.77. The van der Waals surface area contributed by atoms with Gasteiger partial charge in [-0.2, -0.15) is 23.5 Å². The third-order valence-corrected chi connectivity index (χ3v) is 6.81. The number of hydrogen-bond acceptors (Lipinski definition) is 8. The maximum Gasteiger partial charge on any atom is 0.324 e. The van der Waals surface area contributed by atoms with E-state index in [4.69, 9.17) is 11.5 Å². The second kappa shape index (κ2) is 12.6. The molecule has 0 rings (SSSR count). The quantitative estimate of drug-likeness (QED) is 0.195. The van der Waals surface area contributed by atoms with E-state index in [1.54, 1.807) is 6.26 Å². The summed E-state index contributed by atoms with van der Waals surface area (Å²) in [6, 6.07) is 0. The Morgan fingerprint density at radius 2 is 1.34 bits per heavy atom. The van der Waals surface area contributed by atoms with Crippen LogP contribution in [0.2, 0.25) is 0 Å². The molecule has 9 nitrogen and oxygen atoms in total. The molecule has 11 heteroatoms. The van der Waals surface area contributed by atoms with E-state index in [9.17, 15) is 34.8 Å². The molecule has 8 N–H and O–H groups in total. The molecule has 0 aliphatic carbocycles. The molecule has 0 aromatic rings. The maximum absolute atomic E-state index is 11.8. The number of carboxylic acids is 3. The van der Waals surface area contributed by atoms with E-state index in [0.29, 0.717) is 11.5 Å². The lowest BCUT2D eigenvalue weighted by Crippen LogP contribution is -2.57. The van der Waals surface area contributed by atoms with Crippen LogP contribution in [0.25, 0.3) is 0 Å². The first-order valence-corrected chi connectivity index (χ1v) is 12.1. The van der Waals surface area contributed by atoms with Crippen molar-refractivity contribution < 1.29 is 34.8 Å². The second-order valence-corrected chi connectivity index (χ2v) is 9.38. The maximum atomic E-state index is 11.8. The van der Waals surface area contributed by atoms with Crippen molar-refractivity contribution in [2.75, 3.05) is 24.0 Å². The Balaban J connectivity index is 5.44. The standard InChI is InChI=1S/C18H34N2O7S2/c1-11(17(19,15(24)25)6-8-28-2)13(21)5-4-12(10-14(22)23)18(20,16(26)27)7-9-29-3/h11-13,21H,4-10,19-20H2,1-3H3,(H,22,23)(H,24,25)(H,26,27). The molecular formula is C18H34N2O7S2. The van der Waals surface area contributed by atoms with Gasteiger partial charge in [0.15, 0.2) is 0 Å². The highest BCUT2D eigenvalue weighted by molar-refractivity contribution is 7.98. The number of nitrogens with two attached hydrogens (primary N) is 2. The Morgan fingerprint density at radius 3 is 1.72 bits per heavy atom. The van der Waals surface area contributed by atoms with E-state index in [1.807, 2.05) is 6.26 Å². The molecule has 0 heterocycles. The van der Waals surface area contributed by atoms with Gasteiger partial charge >= 0.3 is 17.9 Å². The Morgan fingerprint density at radius 1 is 0.897 bits per heavy atom. The van der Waals surface area contributed by atoms with E-state index in [0.717, 1.165) is 0 Å². The van der Waals surface area contributed by atoms with Crippen molar-refractivity contribution in [1.82, 2.24) is 0 Å². The van der Waals surface area contributed by atoms with Crippen LogP contribution in [0.5, 0.6) is 0 Å². The van der Waals surface area contributed by atoms with Gasteiger partial charge in [0.05, 0.1) is 12.5 Å². The van der Waals surface area contributed by atoms with E-state index < -0.39 is 53.3 Å². The number of aliphatic hydroxyl groups is 1. The van der Waals surface area contributed by atoms with Gasteiger partial charge in [-0.05, 0) is 55.6 Å². The topological polar surface area (TPSA) is 184 Å². The van der Waals surface area contributed by atoms with E-state index in [1.165, 1.54) is 30.4 Å². The number of aliphatic carboxylic acids is 3. The van der Waals surface area contributed by atoms with Crippen molar-refractivity contribution in [1.29, 1.82) is 0 Å². The normalized spacial score (nSPS) is 18.8. The fraction of sp³-hybridized carbons (Fsp3) is 0.833. The van der Waals surface area contributed by atoms with Gasteiger partial charge in [-0.15, -0.1) is 0 Å². The first-order chi connectivity index (χ1) is 13.4. The summed E-state index contributed by atoms with van der Waals surface area (Å²) in [6.45, 7) is 1.53. The first kappa shape index (κ1) is 28.0. The Bertz CT molecular complexity index is 566. The van der Waals surface area contributed by atoms with Gasteiger partial charge in [0.1, 0.15) is 11.1 Å². The zero-order valence-corrected chi connectivity index (χ0v) is 18.8. The minimum Gasteiger partial charge on any atom is -0.481 e. The summed E-state index contributed by atoms with van der Waals surface area (Å²) in [5.74, 6) is -4.50. The minimum atomic E-state index is -1.75. The van der Waals surface area contributed by atoms with E-state index in [-0.39, 0.29) is 25.7 Å². The monoisotopic (exact) mass is 454 g/mol. The van der Waals surface area contributed by atoms with Gasteiger partial charge in [-0.25, -0.2) is 0 Å². The molecule has 0 spiro atoms. The van der Waals surface area contributed by atoms with Crippen molar-refractivity contribution >= 4 is 41.4 Å². The van der Waals surface area contributed by atoms with Gasteiger partial charge in [0.25, 0.3) is 0 Å². The summed E-state index contributed by atoms with van der Waals surface area (Å²) in [7, 11) is 0. The average Bonchev–Trinajstić information content (AvgIpc) is 2.65. The van der Waals surface area contributed by atoms with Gasteiger partial charge in [0, 0.05) is 5.92 Å². The summed E-state index contributed by atoms with van der Waals surface area (Å²) in [5, 5.41) is 39.0. The molecule has 170 valence electrons. The molecule has 0 aromatic heterocycles. The van der Waals surface area contributed by atoms with Crippen molar-refractivity contribution in [3.05, 3.63) is 0 Å². The van der Waals surface area contributed by atoms with Crippen molar-refractivity contribution in [2.24, 2.45) is 23.3 Å². The van der Waals surface area contributed by atoms with Crippen LogP contribution in [0.3, 0.4) is 0 Å². The molecule has 0 aliphatic heterocycles. The highest BCUT2D eigenvalue weighted by Crippen LogP contribution is 2.32. The van der Waals surface area contributed by atoms with Crippen molar-refractivity contribution in [2.45, 2.75) is 56.2 Å². The van der Waals surface area contributed by atoms with Crippen molar-refractivity contribution in [3.63, 3.8) is 0 Å². The predicted octanol–water partition coefficient (Wildman–Crippen LogP) is 0.925. The molecule has 5 atom stereocenters. The lowest BCUT2D eigenvalue weighted by molar-refractivity contribution is -0.148. The van der Waals surface area contributed by atoms with Gasteiger partial charge in [-0.1, -0.05) is 6.92 Å². The SMILES string of the molecule is CSCCC(N)(C(=O)O)C(CCC(O)C(C)C(N)(CCSC)C(=O)O)CC(=O)O. The molecule has 0 radical (unpaired) electrons. The van der Waals surface area contributed by atoms with Gasteiger partial charge in [-0.3, -0.25) is 14.4 Å². The number of carbonyl (C=O) groups is 3. The first-order valence-electron chi connectivity index (χ1n) is 9.29. The highest BCUT2D eigenvalue weighted by Gasteiger charge is 2.45. The summed E-state index contributed by atoms with van der Waals surface area (Å²) >= 11 is 2.84. The Kier molecular flexibility index (Phi) is 12.2. The van der Waals surface area contributed by atoms with Gasteiger partial charge in [0.2, 0.25) is 0 Å². The molecule has 0 fully saturated rings. The molecule has 5 unspecified atom stereocenters. The molecular weight excluding hydrogens is 420 g/mol. The van der Waals surface area contributed by atoms with Gasteiger partial charge < -0.3 is 31.9 Å². The third kappa shape index (κ3) is 7.97. The molecule has 0 aliphatic rings. The van der Waals surface area contributed by atoms with Crippen LogP contribution in [-0.4, -0.2) is 79.5 Å². The van der Waals surface area contributed by atoms with Crippen LogP contribution in [0.1, 0.15) is 39.0 Å². The number of thioether (sulfide) groups is 2. The molecule has 0 saturated carbocycles. The van der Waals surface area contributed by atoms with E-state index in [2.05, 4.69) is 0 Å². The molecule has 29 heavy (non-hydrogen) atoms. The minimum absolute atomic E-state index is 0.00386. The fourth-order valence-electron chi connectivity index (χ4n) is 3.27. The van der Waals surface area contributed by atoms with Crippen LogP contribution >= 0.6 is 23.5 Å². The molecule has 0 saturated heterocycles. The zero-order valence-electron chi connectivity index (χ0n) is 17.2. The van der Waals surface area contributed by atoms with Crippen LogP contribution in [0.15, 0.2) is 0 Å².